The lowest BCUT2D eigenvalue weighted by atomic mass is 10.1. The number of aromatic nitrogens is 3. The minimum atomic E-state index is -0.0925. The van der Waals surface area contributed by atoms with Crippen LogP contribution in [0.1, 0.15) is 12.5 Å². The fourth-order valence-electron chi connectivity index (χ4n) is 2.42. The van der Waals surface area contributed by atoms with E-state index in [9.17, 15) is 4.79 Å². The van der Waals surface area contributed by atoms with E-state index in [0.29, 0.717) is 11.7 Å². The molecule has 7 heteroatoms. The molecule has 0 radical (unpaired) electrons. The summed E-state index contributed by atoms with van der Waals surface area (Å²) in [7, 11) is 1.58. The molecule has 128 valence electrons. The van der Waals surface area contributed by atoms with Gasteiger partial charge in [0.15, 0.2) is 5.82 Å². The van der Waals surface area contributed by atoms with E-state index in [-0.39, 0.29) is 5.91 Å². The number of ether oxygens (including phenoxy) is 1. The molecular formula is C18H19N5O2. The highest BCUT2D eigenvalue weighted by atomic mass is 16.5. The number of pyridine rings is 1. The van der Waals surface area contributed by atoms with Crippen LogP contribution in [0.3, 0.4) is 0 Å². The minimum absolute atomic E-state index is 0.0925. The van der Waals surface area contributed by atoms with Crippen molar-refractivity contribution in [1.82, 2.24) is 15.2 Å². The van der Waals surface area contributed by atoms with Crippen molar-refractivity contribution in [1.29, 1.82) is 0 Å². The third-order valence-corrected chi connectivity index (χ3v) is 3.64. The molecule has 2 heterocycles. The van der Waals surface area contributed by atoms with Crippen molar-refractivity contribution < 1.29 is 9.53 Å². The third kappa shape index (κ3) is 3.95. The van der Waals surface area contributed by atoms with Crippen molar-refractivity contribution in [2.24, 2.45) is 0 Å². The molecule has 0 aliphatic heterocycles. The van der Waals surface area contributed by atoms with Gasteiger partial charge in [-0.3, -0.25) is 9.89 Å². The van der Waals surface area contributed by atoms with Gasteiger partial charge in [0.2, 0.25) is 11.8 Å². The lowest BCUT2D eigenvalue weighted by molar-refractivity contribution is -0.114. The molecule has 0 bridgehead atoms. The summed E-state index contributed by atoms with van der Waals surface area (Å²) in [6, 6.07) is 11.3. The number of nitrogens with zero attached hydrogens (tertiary/aromatic N) is 2. The zero-order chi connectivity index (χ0) is 17.8. The van der Waals surface area contributed by atoms with Crippen LogP contribution in [0.15, 0.2) is 42.6 Å². The first-order valence-corrected chi connectivity index (χ1v) is 7.76. The SMILES string of the molecule is COc1ccc(-c2cc(Nc3ccc(NC(C)=O)cc3C)n[nH]2)cn1. The predicted molar refractivity (Wildman–Crippen MR) is 97.1 cm³/mol. The largest absolute Gasteiger partial charge is 0.481 e. The fourth-order valence-corrected chi connectivity index (χ4v) is 2.42. The van der Waals surface area contributed by atoms with Crippen molar-refractivity contribution in [3.63, 3.8) is 0 Å². The predicted octanol–water partition coefficient (Wildman–Crippen LogP) is 3.49. The van der Waals surface area contributed by atoms with Crippen molar-refractivity contribution >= 4 is 23.1 Å². The summed E-state index contributed by atoms with van der Waals surface area (Å²) < 4.78 is 5.06. The van der Waals surface area contributed by atoms with Crippen LogP contribution in [0, 0.1) is 6.92 Å². The average molecular weight is 337 g/mol. The summed E-state index contributed by atoms with van der Waals surface area (Å²) in [5, 5.41) is 13.3. The summed E-state index contributed by atoms with van der Waals surface area (Å²) >= 11 is 0. The molecule has 0 unspecified atom stereocenters. The number of hydrogen-bond donors (Lipinski definition) is 3. The highest BCUT2D eigenvalue weighted by Gasteiger charge is 2.07. The molecule has 3 rings (SSSR count). The molecule has 7 nitrogen and oxygen atoms in total. The summed E-state index contributed by atoms with van der Waals surface area (Å²) in [5.41, 5.74) is 4.45. The number of aromatic amines is 1. The van der Waals surface area contributed by atoms with Crippen LogP contribution in [0.2, 0.25) is 0 Å². The number of aryl methyl sites for hydroxylation is 1. The van der Waals surface area contributed by atoms with Gasteiger partial charge in [0.25, 0.3) is 0 Å². The van der Waals surface area contributed by atoms with Crippen LogP contribution in [0.25, 0.3) is 11.3 Å². The Bertz CT molecular complexity index is 887. The van der Waals surface area contributed by atoms with Crippen LogP contribution >= 0.6 is 0 Å². The van der Waals surface area contributed by atoms with Crippen molar-refractivity contribution in [2.45, 2.75) is 13.8 Å². The second-order valence-corrected chi connectivity index (χ2v) is 5.59. The van der Waals surface area contributed by atoms with E-state index in [1.807, 2.05) is 37.3 Å². The maximum absolute atomic E-state index is 11.1. The number of benzene rings is 1. The zero-order valence-corrected chi connectivity index (χ0v) is 14.3. The molecule has 1 amide bonds. The summed E-state index contributed by atoms with van der Waals surface area (Å²) in [6.45, 7) is 3.45. The molecule has 3 N–H and O–H groups in total. The van der Waals surface area contributed by atoms with Gasteiger partial charge in [-0.05, 0) is 36.8 Å². The number of carbonyl (C=O) groups is 1. The molecular weight excluding hydrogens is 318 g/mol. The molecule has 0 aliphatic rings. The monoisotopic (exact) mass is 337 g/mol. The Hall–Kier alpha value is -3.35. The van der Waals surface area contributed by atoms with Crippen LogP contribution in [0.5, 0.6) is 5.88 Å². The van der Waals surface area contributed by atoms with E-state index < -0.39 is 0 Å². The van der Waals surface area contributed by atoms with E-state index >= 15 is 0 Å². The molecule has 0 aliphatic carbocycles. The molecule has 1 aromatic carbocycles. The number of H-pyrrole nitrogens is 1. The Morgan fingerprint density at radius 1 is 1.20 bits per heavy atom. The first kappa shape index (κ1) is 16.5. The van der Waals surface area contributed by atoms with Gasteiger partial charge >= 0.3 is 0 Å². The smallest absolute Gasteiger partial charge is 0.221 e. The Balaban J connectivity index is 1.75. The maximum atomic E-state index is 11.1. The Morgan fingerprint density at radius 3 is 2.68 bits per heavy atom. The van der Waals surface area contributed by atoms with Gasteiger partial charge < -0.3 is 15.4 Å². The first-order valence-electron chi connectivity index (χ1n) is 7.76. The van der Waals surface area contributed by atoms with Crippen LogP contribution in [0.4, 0.5) is 17.2 Å². The maximum Gasteiger partial charge on any atom is 0.221 e. The van der Waals surface area contributed by atoms with Gasteiger partial charge in [0, 0.05) is 42.2 Å². The van der Waals surface area contributed by atoms with E-state index in [0.717, 1.165) is 28.2 Å². The summed E-state index contributed by atoms with van der Waals surface area (Å²) in [5.74, 6) is 1.17. The van der Waals surface area contributed by atoms with Gasteiger partial charge in [-0.25, -0.2) is 4.98 Å². The van der Waals surface area contributed by atoms with Crippen molar-refractivity contribution in [2.75, 3.05) is 17.7 Å². The van der Waals surface area contributed by atoms with Crippen molar-refractivity contribution in [3.8, 4) is 17.1 Å². The number of nitrogens with one attached hydrogen (secondary N) is 3. The van der Waals surface area contributed by atoms with Crippen LogP contribution < -0.4 is 15.4 Å². The number of methoxy groups -OCH3 is 1. The van der Waals surface area contributed by atoms with Gasteiger partial charge in [-0.1, -0.05) is 0 Å². The zero-order valence-electron chi connectivity index (χ0n) is 14.3. The fraction of sp³-hybridized carbons (Fsp3) is 0.167. The van der Waals surface area contributed by atoms with E-state index in [4.69, 9.17) is 4.74 Å². The van der Waals surface area contributed by atoms with E-state index in [2.05, 4.69) is 25.8 Å². The number of anilines is 3. The van der Waals surface area contributed by atoms with Crippen molar-refractivity contribution in [3.05, 3.63) is 48.2 Å². The normalized spacial score (nSPS) is 10.4. The van der Waals surface area contributed by atoms with Crippen LogP contribution in [-0.2, 0) is 4.79 Å². The third-order valence-electron chi connectivity index (χ3n) is 3.64. The van der Waals surface area contributed by atoms with Gasteiger partial charge in [-0.2, -0.15) is 5.10 Å². The standard InChI is InChI=1S/C18H19N5O2/c1-11-8-14(20-12(2)24)5-6-15(11)21-17-9-16(22-23-17)13-4-7-18(25-3)19-10-13/h4-10H,1-3H3,(H,20,24)(H2,21,22,23). The van der Waals surface area contributed by atoms with Crippen LogP contribution in [-0.4, -0.2) is 28.2 Å². The molecule has 0 atom stereocenters. The van der Waals surface area contributed by atoms with Gasteiger partial charge in [0.05, 0.1) is 12.8 Å². The average Bonchev–Trinajstić information content (AvgIpc) is 3.05. The quantitative estimate of drug-likeness (QED) is 0.663. The highest BCUT2D eigenvalue weighted by Crippen LogP contribution is 2.25. The molecule has 0 saturated heterocycles. The number of carbonyl (C=O) groups excluding carboxylic acids is 1. The molecule has 3 aromatic rings. The lowest BCUT2D eigenvalue weighted by Gasteiger charge is -2.09. The number of rotatable bonds is 5. The van der Waals surface area contributed by atoms with Gasteiger partial charge in [0.1, 0.15) is 0 Å². The second-order valence-electron chi connectivity index (χ2n) is 5.59. The molecule has 0 spiro atoms. The Kier molecular flexibility index (Phi) is 4.65. The number of hydrogen-bond acceptors (Lipinski definition) is 5. The Labute approximate surface area is 145 Å². The van der Waals surface area contributed by atoms with E-state index in [1.54, 1.807) is 19.4 Å². The summed E-state index contributed by atoms with van der Waals surface area (Å²) in [4.78, 5) is 15.3. The first-order chi connectivity index (χ1) is 12.0. The molecule has 0 saturated carbocycles. The summed E-state index contributed by atoms with van der Waals surface area (Å²) in [6.07, 6.45) is 1.73. The minimum Gasteiger partial charge on any atom is -0.481 e. The topological polar surface area (TPSA) is 91.9 Å². The Morgan fingerprint density at radius 2 is 2.04 bits per heavy atom. The lowest BCUT2D eigenvalue weighted by Crippen LogP contribution is -2.06. The van der Waals surface area contributed by atoms with Gasteiger partial charge in [-0.15, -0.1) is 0 Å². The molecule has 25 heavy (non-hydrogen) atoms. The second kappa shape index (κ2) is 7.04. The number of amides is 1. The molecule has 0 fully saturated rings. The molecule has 2 aromatic heterocycles. The highest BCUT2D eigenvalue weighted by molar-refractivity contribution is 5.89. The van der Waals surface area contributed by atoms with E-state index in [1.165, 1.54) is 6.92 Å².